The summed E-state index contributed by atoms with van der Waals surface area (Å²) in [6, 6.07) is 3.46. The minimum Gasteiger partial charge on any atom is -0.378 e. The molecule has 2 heterocycles. The van der Waals surface area contributed by atoms with Crippen LogP contribution in [-0.2, 0) is 25.3 Å². The summed E-state index contributed by atoms with van der Waals surface area (Å²) in [7, 11) is 0. The monoisotopic (exact) mass is 452 g/mol. The SMILES string of the molecule is Cc1cc(-c2ncn(/C=C\C(=O)NNC(=O)C(=O)N3CCOCC3)n2)cc(C(F)(F)F)c1. The van der Waals surface area contributed by atoms with Crippen molar-refractivity contribution in [1.29, 1.82) is 0 Å². The van der Waals surface area contributed by atoms with Gasteiger partial charge in [-0.2, -0.15) is 13.2 Å². The first-order chi connectivity index (χ1) is 15.1. The second kappa shape index (κ2) is 9.60. The summed E-state index contributed by atoms with van der Waals surface area (Å²) < 4.78 is 45.2. The molecule has 1 aromatic carbocycles. The molecule has 0 radical (unpaired) electrons. The molecule has 1 aliphatic rings. The molecule has 1 aromatic heterocycles. The lowest BCUT2D eigenvalue weighted by Gasteiger charge is -2.25. The number of hydrogen-bond acceptors (Lipinski definition) is 6. The first-order valence-electron chi connectivity index (χ1n) is 9.39. The Morgan fingerprint density at radius 2 is 1.84 bits per heavy atom. The quantitative estimate of drug-likeness (QED) is 0.403. The number of halogens is 3. The van der Waals surface area contributed by atoms with E-state index >= 15 is 0 Å². The zero-order chi connectivity index (χ0) is 23.3. The van der Waals surface area contributed by atoms with Gasteiger partial charge in [0.2, 0.25) is 0 Å². The number of ether oxygens (including phenoxy) is 1. The van der Waals surface area contributed by atoms with Crippen LogP contribution < -0.4 is 10.9 Å². The summed E-state index contributed by atoms with van der Waals surface area (Å²) in [5.41, 5.74) is 3.79. The van der Waals surface area contributed by atoms with Gasteiger partial charge in [-0.25, -0.2) is 9.67 Å². The van der Waals surface area contributed by atoms with E-state index in [-0.39, 0.29) is 24.5 Å². The van der Waals surface area contributed by atoms with Gasteiger partial charge < -0.3 is 9.64 Å². The van der Waals surface area contributed by atoms with Gasteiger partial charge in [0, 0.05) is 30.9 Å². The fourth-order valence-corrected chi connectivity index (χ4v) is 2.82. The van der Waals surface area contributed by atoms with E-state index < -0.39 is 29.5 Å². The van der Waals surface area contributed by atoms with Crippen molar-refractivity contribution in [3.8, 4) is 11.4 Å². The largest absolute Gasteiger partial charge is 0.416 e. The van der Waals surface area contributed by atoms with Crippen LogP contribution in [0, 0.1) is 6.92 Å². The number of carbonyl (C=O) groups is 3. The molecule has 1 fully saturated rings. The highest BCUT2D eigenvalue weighted by Crippen LogP contribution is 2.32. The van der Waals surface area contributed by atoms with Crippen molar-refractivity contribution < 1.29 is 32.3 Å². The molecule has 1 aliphatic heterocycles. The second-order valence-corrected chi connectivity index (χ2v) is 6.80. The molecule has 0 atom stereocenters. The van der Waals surface area contributed by atoms with Crippen LogP contribution in [0.25, 0.3) is 17.6 Å². The Balaban J connectivity index is 1.57. The zero-order valence-electron chi connectivity index (χ0n) is 16.8. The average Bonchev–Trinajstić information content (AvgIpc) is 3.24. The van der Waals surface area contributed by atoms with Crippen LogP contribution in [0.2, 0.25) is 0 Å². The van der Waals surface area contributed by atoms with Crippen LogP contribution in [0.1, 0.15) is 11.1 Å². The van der Waals surface area contributed by atoms with Gasteiger partial charge in [-0.15, -0.1) is 5.10 Å². The normalized spacial score (nSPS) is 14.4. The number of nitrogens with zero attached hydrogens (tertiary/aromatic N) is 4. The van der Waals surface area contributed by atoms with E-state index in [1.807, 2.05) is 5.43 Å². The summed E-state index contributed by atoms with van der Waals surface area (Å²) in [5, 5.41) is 4.01. The summed E-state index contributed by atoms with van der Waals surface area (Å²) in [5.74, 6) is -2.53. The van der Waals surface area contributed by atoms with E-state index in [2.05, 4.69) is 15.5 Å². The minimum atomic E-state index is -4.51. The van der Waals surface area contributed by atoms with E-state index in [1.165, 1.54) is 30.4 Å². The van der Waals surface area contributed by atoms with E-state index in [1.54, 1.807) is 0 Å². The highest BCUT2D eigenvalue weighted by Gasteiger charge is 2.31. The summed E-state index contributed by atoms with van der Waals surface area (Å²) >= 11 is 0. The van der Waals surface area contributed by atoms with Gasteiger partial charge in [0.25, 0.3) is 5.91 Å². The number of hydrazine groups is 1. The predicted molar refractivity (Wildman–Crippen MR) is 104 cm³/mol. The molecule has 170 valence electrons. The highest BCUT2D eigenvalue weighted by molar-refractivity contribution is 6.35. The van der Waals surface area contributed by atoms with E-state index in [0.29, 0.717) is 18.8 Å². The maximum absolute atomic E-state index is 13.0. The molecule has 0 aliphatic carbocycles. The number of carbonyl (C=O) groups excluding carboxylic acids is 3. The van der Waals surface area contributed by atoms with Crippen LogP contribution >= 0.6 is 0 Å². The molecule has 3 rings (SSSR count). The molecule has 13 heteroatoms. The number of benzene rings is 1. The van der Waals surface area contributed by atoms with Crippen LogP contribution in [-0.4, -0.2) is 63.7 Å². The first-order valence-corrected chi connectivity index (χ1v) is 9.39. The van der Waals surface area contributed by atoms with Crippen molar-refractivity contribution in [3.05, 3.63) is 41.7 Å². The lowest BCUT2D eigenvalue weighted by molar-refractivity contribution is -0.149. The molecule has 10 nitrogen and oxygen atoms in total. The maximum atomic E-state index is 13.0. The molecule has 3 amide bonds. The molecule has 1 saturated heterocycles. The van der Waals surface area contributed by atoms with Crippen LogP contribution in [0.4, 0.5) is 13.2 Å². The molecule has 0 spiro atoms. The third-order valence-electron chi connectivity index (χ3n) is 4.34. The number of nitrogens with one attached hydrogen (secondary N) is 2. The highest BCUT2D eigenvalue weighted by atomic mass is 19.4. The summed E-state index contributed by atoms with van der Waals surface area (Å²) in [6.07, 6.45) is -1.12. The molecule has 0 saturated carbocycles. The average molecular weight is 452 g/mol. The van der Waals surface area contributed by atoms with Crippen molar-refractivity contribution in [3.63, 3.8) is 0 Å². The Morgan fingerprint density at radius 1 is 1.12 bits per heavy atom. The van der Waals surface area contributed by atoms with Crippen LogP contribution in [0.15, 0.2) is 30.6 Å². The molecule has 0 unspecified atom stereocenters. The number of hydrogen-bond donors (Lipinski definition) is 2. The van der Waals surface area contributed by atoms with E-state index in [4.69, 9.17) is 4.74 Å². The van der Waals surface area contributed by atoms with Crippen molar-refractivity contribution in [2.75, 3.05) is 26.3 Å². The fourth-order valence-electron chi connectivity index (χ4n) is 2.82. The van der Waals surface area contributed by atoms with Crippen LogP contribution in [0.5, 0.6) is 0 Å². The lowest BCUT2D eigenvalue weighted by Crippen LogP contribution is -2.52. The van der Waals surface area contributed by atoms with Crippen LogP contribution in [0.3, 0.4) is 0 Å². The van der Waals surface area contributed by atoms with Gasteiger partial charge in [-0.1, -0.05) is 0 Å². The van der Waals surface area contributed by atoms with Crippen molar-refractivity contribution in [1.82, 2.24) is 30.5 Å². The molecular weight excluding hydrogens is 433 g/mol. The fraction of sp³-hybridized carbons (Fsp3) is 0.316. The third-order valence-corrected chi connectivity index (χ3v) is 4.34. The number of rotatable bonds is 3. The Hall–Kier alpha value is -3.74. The predicted octanol–water partition coefficient (Wildman–Crippen LogP) is 0.749. The Bertz CT molecular complexity index is 1040. The van der Waals surface area contributed by atoms with E-state index in [9.17, 15) is 27.6 Å². The van der Waals surface area contributed by atoms with Gasteiger partial charge in [-0.05, 0) is 30.7 Å². The molecule has 2 aromatic rings. The van der Waals surface area contributed by atoms with Gasteiger partial charge >= 0.3 is 18.0 Å². The molecule has 0 bridgehead atoms. The Morgan fingerprint density at radius 3 is 2.53 bits per heavy atom. The first kappa shape index (κ1) is 22.9. The summed E-state index contributed by atoms with van der Waals surface area (Å²) in [4.78, 5) is 40.9. The molecule has 2 N–H and O–H groups in total. The van der Waals surface area contributed by atoms with Crippen molar-refractivity contribution >= 4 is 23.9 Å². The van der Waals surface area contributed by atoms with Gasteiger partial charge in [0.15, 0.2) is 5.82 Å². The summed E-state index contributed by atoms with van der Waals surface area (Å²) in [6.45, 7) is 2.74. The van der Waals surface area contributed by atoms with Gasteiger partial charge in [-0.3, -0.25) is 25.2 Å². The molecular formula is C19H19F3N6O4. The van der Waals surface area contributed by atoms with Gasteiger partial charge in [0.1, 0.15) is 6.33 Å². The second-order valence-electron chi connectivity index (χ2n) is 6.80. The van der Waals surface area contributed by atoms with Crippen molar-refractivity contribution in [2.45, 2.75) is 13.1 Å². The number of amides is 3. The number of aromatic nitrogens is 3. The number of morpholine rings is 1. The maximum Gasteiger partial charge on any atom is 0.416 e. The standard InChI is InChI=1S/C19H19F3N6O4/c1-12-8-13(10-14(9-12)19(20,21)22)16-23-11-28(26-16)3-2-15(29)24-25-17(30)18(31)27-4-6-32-7-5-27/h2-3,8-11H,4-7H2,1H3,(H,24,29)(H,25,30)/b3-2-. The number of aryl methyl sites for hydroxylation is 1. The zero-order valence-corrected chi connectivity index (χ0v) is 16.8. The lowest BCUT2D eigenvalue weighted by atomic mass is 10.1. The Kier molecular flexibility index (Phi) is 6.88. The van der Waals surface area contributed by atoms with Gasteiger partial charge in [0.05, 0.1) is 18.8 Å². The Labute approximate surface area is 180 Å². The topological polar surface area (TPSA) is 118 Å². The molecule has 32 heavy (non-hydrogen) atoms. The number of alkyl halides is 3. The van der Waals surface area contributed by atoms with Crippen molar-refractivity contribution in [2.24, 2.45) is 0 Å². The smallest absolute Gasteiger partial charge is 0.378 e. The minimum absolute atomic E-state index is 0.0358. The third kappa shape index (κ3) is 5.91. The van der Waals surface area contributed by atoms with E-state index in [0.717, 1.165) is 22.9 Å².